The van der Waals surface area contributed by atoms with Gasteiger partial charge in [-0.25, -0.2) is 9.97 Å². The van der Waals surface area contributed by atoms with Crippen molar-refractivity contribution in [2.24, 2.45) is 0 Å². The predicted octanol–water partition coefficient (Wildman–Crippen LogP) is 4.62. The number of nitrogens with zero attached hydrogens (tertiary/aromatic N) is 3. The number of carbonyl (C=O) groups excluding carboxylic acids is 1. The molecule has 0 unspecified atom stereocenters. The highest BCUT2D eigenvalue weighted by atomic mass is 32.1. The highest BCUT2D eigenvalue weighted by Crippen LogP contribution is 2.23. The van der Waals surface area contributed by atoms with Crippen molar-refractivity contribution >= 4 is 39.6 Å². The van der Waals surface area contributed by atoms with E-state index in [0.717, 1.165) is 41.0 Å². The molecule has 0 atom stereocenters. The number of rotatable bonds is 8. The minimum atomic E-state index is -0.0756. The number of nitrogens with one attached hydrogen (secondary N) is 2. The second kappa shape index (κ2) is 9.32. The topological polar surface area (TPSA) is 70.2 Å². The standard InChI is InChI=1S/C21H25N5OS/c1-4-26(5-2)17-9-10-18(15(3)12-17)24-20(27)13-16-14-28-21(23-16)25-19-8-6-7-11-22-19/h6-12,14H,4-5,13H2,1-3H3,(H,24,27)(H,22,23,25). The lowest BCUT2D eigenvalue weighted by molar-refractivity contribution is -0.115. The van der Waals surface area contributed by atoms with Crippen LogP contribution in [0.5, 0.6) is 0 Å². The average molecular weight is 396 g/mol. The molecule has 1 aromatic carbocycles. The highest BCUT2D eigenvalue weighted by Gasteiger charge is 2.11. The largest absolute Gasteiger partial charge is 0.372 e. The molecule has 7 heteroatoms. The molecule has 146 valence electrons. The van der Waals surface area contributed by atoms with E-state index >= 15 is 0 Å². The van der Waals surface area contributed by atoms with E-state index in [9.17, 15) is 4.79 Å². The van der Waals surface area contributed by atoms with Crippen LogP contribution in [0.4, 0.5) is 22.3 Å². The number of hydrogen-bond acceptors (Lipinski definition) is 6. The summed E-state index contributed by atoms with van der Waals surface area (Å²) in [5, 5.41) is 8.75. The van der Waals surface area contributed by atoms with Crippen LogP contribution in [-0.4, -0.2) is 29.0 Å². The lowest BCUT2D eigenvalue weighted by atomic mass is 10.1. The van der Waals surface area contributed by atoms with Gasteiger partial charge in [-0.1, -0.05) is 6.07 Å². The van der Waals surface area contributed by atoms with Crippen molar-refractivity contribution in [2.75, 3.05) is 28.6 Å². The predicted molar refractivity (Wildman–Crippen MR) is 117 cm³/mol. The Morgan fingerprint density at radius 3 is 2.68 bits per heavy atom. The first kappa shape index (κ1) is 19.8. The van der Waals surface area contributed by atoms with E-state index < -0.39 is 0 Å². The van der Waals surface area contributed by atoms with Gasteiger partial charge in [0.25, 0.3) is 0 Å². The number of pyridine rings is 1. The minimum absolute atomic E-state index is 0.0756. The molecule has 0 saturated heterocycles. The molecule has 1 amide bonds. The summed E-state index contributed by atoms with van der Waals surface area (Å²) < 4.78 is 0. The third kappa shape index (κ3) is 5.07. The van der Waals surface area contributed by atoms with Crippen LogP contribution < -0.4 is 15.5 Å². The van der Waals surface area contributed by atoms with Crippen LogP contribution in [0, 0.1) is 6.92 Å². The van der Waals surface area contributed by atoms with Crippen LogP contribution in [0.3, 0.4) is 0 Å². The van der Waals surface area contributed by atoms with Crippen molar-refractivity contribution in [3.05, 3.63) is 59.2 Å². The Morgan fingerprint density at radius 1 is 1.18 bits per heavy atom. The fourth-order valence-electron chi connectivity index (χ4n) is 2.92. The maximum atomic E-state index is 12.4. The highest BCUT2D eigenvalue weighted by molar-refractivity contribution is 7.13. The molecule has 0 spiro atoms. The summed E-state index contributed by atoms with van der Waals surface area (Å²) in [4.78, 5) is 23.4. The van der Waals surface area contributed by atoms with Crippen molar-refractivity contribution in [1.29, 1.82) is 0 Å². The molecule has 0 radical (unpaired) electrons. The van der Waals surface area contributed by atoms with Gasteiger partial charge in [-0.05, 0) is 56.7 Å². The molecule has 0 saturated carbocycles. The number of anilines is 4. The smallest absolute Gasteiger partial charge is 0.230 e. The third-order valence-electron chi connectivity index (χ3n) is 4.41. The second-order valence-corrected chi connectivity index (χ2v) is 7.24. The first-order valence-electron chi connectivity index (χ1n) is 9.37. The Balaban J connectivity index is 1.60. The average Bonchev–Trinajstić information content (AvgIpc) is 3.12. The van der Waals surface area contributed by atoms with Crippen LogP contribution in [-0.2, 0) is 11.2 Å². The quantitative estimate of drug-likeness (QED) is 0.582. The van der Waals surface area contributed by atoms with E-state index in [1.165, 1.54) is 17.0 Å². The molecule has 2 heterocycles. The van der Waals surface area contributed by atoms with Crippen molar-refractivity contribution in [3.8, 4) is 0 Å². The summed E-state index contributed by atoms with van der Waals surface area (Å²) in [5.41, 5.74) is 3.79. The van der Waals surface area contributed by atoms with Gasteiger partial charge in [-0.2, -0.15) is 0 Å². The van der Waals surface area contributed by atoms with Crippen molar-refractivity contribution in [3.63, 3.8) is 0 Å². The van der Waals surface area contributed by atoms with E-state index in [1.54, 1.807) is 6.20 Å². The van der Waals surface area contributed by atoms with Gasteiger partial charge in [0.1, 0.15) is 5.82 Å². The maximum Gasteiger partial charge on any atom is 0.230 e. The molecule has 0 fully saturated rings. The maximum absolute atomic E-state index is 12.4. The minimum Gasteiger partial charge on any atom is -0.372 e. The normalized spacial score (nSPS) is 10.5. The number of thiazole rings is 1. The number of benzene rings is 1. The van der Waals surface area contributed by atoms with Crippen LogP contribution in [0.15, 0.2) is 48.0 Å². The first-order valence-corrected chi connectivity index (χ1v) is 10.2. The molecule has 6 nitrogen and oxygen atoms in total. The Kier molecular flexibility index (Phi) is 6.60. The number of aromatic nitrogens is 2. The van der Waals surface area contributed by atoms with Gasteiger partial charge >= 0.3 is 0 Å². The number of hydrogen-bond donors (Lipinski definition) is 2. The van der Waals surface area contributed by atoms with Crippen molar-refractivity contribution < 1.29 is 4.79 Å². The molecule has 3 aromatic rings. The van der Waals surface area contributed by atoms with Crippen molar-refractivity contribution in [1.82, 2.24) is 9.97 Å². The van der Waals surface area contributed by atoms with Gasteiger partial charge in [0.2, 0.25) is 5.91 Å². The van der Waals surface area contributed by atoms with E-state index in [4.69, 9.17) is 0 Å². The summed E-state index contributed by atoms with van der Waals surface area (Å²) >= 11 is 1.46. The van der Waals surface area contributed by atoms with Gasteiger partial charge in [-0.3, -0.25) is 4.79 Å². The van der Waals surface area contributed by atoms with Crippen LogP contribution in [0.1, 0.15) is 25.1 Å². The van der Waals surface area contributed by atoms with Crippen molar-refractivity contribution in [2.45, 2.75) is 27.2 Å². The SMILES string of the molecule is CCN(CC)c1ccc(NC(=O)Cc2csc(Nc3ccccn3)n2)c(C)c1. The third-order valence-corrected chi connectivity index (χ3v) is 5.21. The fourth-order valence-corrected chi connectivity index (χ4v) is 3.64. The lowest BCUT2D eigenvalue weighted by Crippen LogP contribution is -2.22. The molecule has 0 aliphatic rings. The van der Waals surface area contributed by atoms with Crippen LogP contribution in [0.25, 0.3) is 0 Å². The second-order valence-electron chi connectivity index (χ2n) is 6.38. The summed E-state index contributed by atoms with van der Waals surface area (Å²) in [6, 6.07) is 11.8. The molecular formula is C21H25N5OS. The number of aryl methyl sites for hydroxylation is 1. The Hall–Kier alpha value is -2.93. The van der Waals surface area contributed by atoms with E-state index in [-0.39, 0.29) is 12.3 Å². The Bertz CT molecular complexity index is 922. The number of carbonyl (C=O) groups is 1. The molecule has 2 aromatic heterocycles. The number of amides is 1. The van der Waals surface area contributed by atoms with E-state index in [0.29, 0.717) is 0 Å². The molecular weight excluding hydrogens is 370 g/mol. The molecule has 0 aliphatic heterocycles. The molecule has 2 N–H and O–H groups in total. The van der Waals surface area contributed by atoms with Gasteiger partial charge in [0.15, 0.2) is 5.13 Å². The van der Waals surface area contributed by atoms with E-state index in [1.807, 2.05) is 42.6 Å². The molecule has 28 heavy (non-hydrogen) atoms. The monoisotopic (exact) mass is 395 g/mol. The van der Waals surface area contributed by atoms with Gasteiger partial charge in [0, 0.05) is 36.0 Å². The van der Waals surface area contributed by atoms with Gasteiger partial charge in [-0.15, -0.1) is 11.3 Å². The van der Waals surface area contributed by atoms with Crippen LogP contribution >= 0.6 is 11.3 Å². The van der Waals surface area contributed by atoms with Gasteiger partial charge < -0.3 is 15.5 Å². The Labute approximate surface area is 169 Å². The summed E-state index contributed by atoms with van der Waals surface area (Å²) in [6.07, 6.45) is 1.95. The summed E-state index contributed by atoms with van der Waals surface area (Å²) in [5.74, 6) is 0.658. The van der Waals surface area contributed by atoms with Crippen LogP contribution in [0.2, 0.25) is 0 Å². The molecule has 0 bridgehead atoms. The summed E-state index contributed by atoms with van der Waals surface area (Å²) in [7, 11) is 0. The van der Waals surface area contributed by atoms with E-state index in [2.05, 4.69) is 45.4 Å². The zero-order valence-electron chi connectivity index (χ0n) is 16.4. The fraction of sp³-hybridized carbons (Fsp3) is 0.286. The molecule has 0 aliphatic carbocycles. The zero-order chi connectivity index (χ0) is 19.9. The molecule has 3 rings (SSSR count). The first-order chi connectivity index (χ1) is 13.6. The Morgan fingerprint density at radius 2 is 2.00 bits per heavy atom. The van der Waals surface area contributed by atoms with Gasteiger partial charge in [0.05, 0.1) is 12.1 Å². The zero-order valence-corrected chi connectivity index (χ0v) is 17.2. The summed E-state index contributed by atoms with van der Waals surface area (Å²) in [6.45, 7) is 8.21. The lowest BCUT2D eigenvalue weighted by Gasteiger charge is -2.22.